The fraction of sp³-hybridized carbons (Fsp3) is 0.214. The average molecular weight is 270 g/mol. The van der Waals surface area contributed by atoms with Crippen molar-refractivity contribution in [3.8, 4) is 0 Å². The molecule has 20 heavy (non-hydrogen) atoms. The summed E-state index contributed by atoms with van der Waals surface area (Å²) in [6.07, 6.45) is 0. The normalized spacial score (nSPS) is 11.1. The Balaban J connectivity index is 1.74. The third kappa shape index (κ3) is 2.60. The van der Waals surface area contributed by atoms with E-state index in [2.05, 4.69) is 20.4 Å². The van der Waals surface area contributed by atoms with E-state index in [4.69, 9.17) is 4.52 Å². The Kier molecular flexibility index (Phi) is 3.30. The van der Waals surface area contributed by atoms with E-state index >= 15 is 0 Å². The zero-order valence-electron chi connectivity index (χ0n) is 11.0. The standard InChI is InChI=1S/C14H14N4O2/c1-9-16-13(18-20-9)8-15-7-11-6-10-4-2-3-5-12(10)17-14(11)19/h2-6,15H,7-8H2,1H3,(H,17,19). The number of pyridine rings is 1. The second-order valence-electron chi connectivity index (χ2n) is 4.54. The van der Waals surface area contributed by atoms with Crippen LogP contribution in [0.1, 0.15) is 17.3 Å². The van der Waals surface area contributed by atoms with Crippen LogP contribution in [0.2, 0.25) is 0 Å². The summed E-state index contributed by atoms with van der Waals surface area (Å²) in [5.41, 5.74) is 1.44. The minimum absolute atomic E-state index is 0.0829. The van der Waals surface area contributed by atoms with Crippen LogP contribution in [0.3, 0.4) is 0 Å². The van der Waals surface area contributed by atoms with Gasteiger partial charge >= 0.3 is 0 Å². The van der Waals surface area contributed by atoms with Gasteiger partial charge < -0.3 is 14.8 Å². The maximum absolute atomic E-state index is 11.9. The van der Waals surface area contributed by atoms with Crippen LogP contribution in [0, 0.1) is 6.92 Å². The van der Waals surface area contributed by atoms with E-state index in [1.54, 1.807) is 6.92 Å². The second-order valence-corrected chi connectivity index (χ2v) is 4.54. The molecule has 0 bridgehead atoms. The third-order valence-corrected chi connectivity index (χ3v) is 3.00. The van der Waals surface area contributed by atoms with Gasteiger partial charge in [-0.3, -0.25) is 4.79 Å². The summed E-state index contributed by atoms with van der Waals surface area (Å²) in [4.78, 5) is 18.9. The highest BCUT2D eigenvalue weighted by Gasteiger charge is 2.04. The molecule has 2 N–H and O–H groups in total. The zero-order valence-corrected chi connectivity index (χ0v) is 11.0. The summed E-state index contributed by atoms with van der Waals surface area (Å²) >= 11 is 0. The lowest BCUT2D eigenvalue weighted by molar-refractivity contribution is 0.385. The van der Waals surface area contributed by atoms with Gasteiger partial charge in [-0.1, -0.05) is 23.4 Å². The van der Waals surface area contributed by atoms with Crippen LogP contribution in [-0.2, 0) is 13.1 Å². The van der Waals surface area contributed by atoms with Crippen LogP contribution in [0.4, 0.5) is 0 Å². The Labute approximate surface area is 114 Å². The number of hydrogen-bond acceptors (Lipinski definition) is 5. The minimum Gasteiger partial charge on any atom is -0.340 e. The zero-order chi connectivity index (χ0) is 13.9. The maximum Gasteiger partial charge on any atom is 0.252 e. The van der Waals surface area contributed by atoms with Crippen LogP contribution < -0.4 is 10.9 Å². The van der Waals surface area contributed by atoms with Crippen LogP contribution >= 0.6 is 0 Å². The number of aromatic nitrogens is 3. The van der Waals surface area contributed by atoms with Crippen molar-refractivity contribution < 1.29 is 4.52 Å². The van der Waals surface area contributed by atoms with Gasteiger partial charge in [0.05, 0.1) is 6.54 Å². The molecule has 0 fully saturated rings. The number of rotatable bonds is 4. The number of aromatic amines is 1. The number of hydrogen-bond donors (Lipinski definition) is 2. The molecule has 0 atom stereocenters. The van der Waals surface area contributed by atoms with Crippen molar-refractivity contribution in [1.82, 2.24) is 20.4 Å². The van der Waals surface area contributed by atoms with Crippen molar-refractivity contribution in [2.24, 2.45) is 0 Å². The van der Waals surface area contributed by atoms with Gasteiger partial charge in [0.25, 0.3) is 5.56 Å². The number of nitrogens with zero attached hydrogens (tertiary/aromatic N) is 2. The molecule has 2 heterocycles. The van der Waals surface area contributed by atoms with Gasteiger partial charge in [0.1, 0.15) is 0 Å². The molecule has 3 rings (SSSR count). The molecule has 0 radical (unpaired) electrons. The summed E-state index contributed by atoms with van der Waals surface area (Å²) in [7, 11) is 0. The largest absolute Gasteiger partial charge is 0.340 e. The van der Waals surface area contributed by atoms with Crippen molar-refractivity contribution in [3.63, 3.8) is 0 Å². The van der Waals surface area contributed by atoms with Crippen molar-refractivity contribution in [2.45, 2.75) is 20.0 Å². The molecular formula is C14H14N4O2. The molecule has 0 aliphatic heterocycles. The molecule has 0 amide bonds. The van der Waals surface area contributed by atoms with Crippen molar-refractivity contribution in [3.05, 3.63) is 58.0 Å². The first kappa shape index (κ1) is 12.6. The number of fused-ring (bicyclic) bond motifs is 1. The van der Waals surface area contributed by atoms with Crippen molar-refractivity contribution in [1.29, 1.82) is 0 Å². The lowest BCUT2D eigenvalue weighted by atomic mass is 10.1. The smallest absolute Gasteiger partial charge is 0.252 e. The number of para-hydroxylation sites is 1. The Morgan fingerprint density at radius 2 is 2.15 bits per heavy atom. The Bertz CT molecular complexity index is 791. The fourth-order valence-electron chi connectivity index (χ4n) is 2.05. The highest BCUT2D eigenvalue weighted by molar-refractivity contribution is 5.78. The van der Waals surface area contributed by atoms with E-state index in [0.29, 0.717) is 30.4 Å². The monoisotopic (exact) mass is 270 g/mol. The SMILES string of the molecule is Cc1nc(CNCc2cc3ccccc3[nH]c2=O)no1. The predicted octanol–water partition coefficient (Wildman–Crippen LogP) is 1.51. The van der Waals surface area contributed by atoms with Gasteiger partial charge in [0.15, 0.2) is 5.82 Å². The van der Waals surface area contributed by atoms with E-state index in [-0.39, 0.29) is 5.56 Å². The van der Waals surface area contributed by atoms with Gasteiger partial charge in [-0.25, -0.2) is 0 Å². The lowest BCUT2D eigenvalue weighted by Crippen LogP contribution is -2.21. The van der Waals surface area contributed by atoms with Crippen molar-refractivity contribution >= 4 is 10.9 Å². The highest BCUT2D eigenvalue weighted by atomic mass is 16.5. The lowest BCUT2D eigenvalue weighted by Gasteiger charge is -2.03. The summed E-state index contributed by atoms with van der Waals surface area (Å²) in [6, 6.07) is 9.59. The fourth-order valence-corrected chi connectivity index (χ4v) is 2.05. The minimum atomic E-state index is -0.0829. The van der Waals surface area contributed by atoms with Crippen LogP contribution in [0.15, 0.2) is 39.6 Å². The number of aryl methyl sites for hydroxylation is 1. The summed E-state index contributed by atoms with van der Waals surface area (Å²) in [5, 5.41) is 7.93. The number of nitrogens with one attached hydrogen (secondary N) is 2. The quantitative estimate of drug-likeness (QED) is 0.750. The predicted molar refractivity (Wildman–Crippen MR) is 74.1 cm³/mol. The third-order valence-electron chi connectivity index (χ3n) is 3.00. The van der Waals surface area contributed by atoms with Gasteiger partial charge in [0, 0.05) is 24.5 Å². The molecule has 0 saturated carbocycles. The summed E-state index contributed by atoms with van der Waals surface area (Å²) in [6.45, 7) is 2.65. The summed E-state index contributed by atoms with van der Waals surface area (Å²) < 4.78 is 4.88. The van der Waals surface area contributed by atoms with Gasteiger partial charge in [-0.05, 0) is 17.5 Å². The molecule has 2 aromatic heterocycles. The van der Waals surface area contributed by atoms with E-state index in [9.17, 15) is 4.79 Å². The van der Waals surface area contributed by atoms with E-state index < -0.39 is 0 Å². The first-order valence-electron chi connectivity index (χ1n) is 6.33. The van der Waals surface area contributed by atoms with Gasteiger partial charge in [0.2, 0.25) is 5.89 Å². The second kappa shape index (κ2) is 5.26. The van der Waals surface area contributed by atoms with Gasteiger partial charge in [-0.2, -0.15) is 4.98 Å². The molecule has 3 aromatic rings. The Hall–Kier alpha value is -2.47. The topological polar surface area (TPSA) is 83.8 Å². The van der Waals surface area contributed by atoms with Crippen molar-refractivity contribution in [2.75, 3.05) is 0 Å². The van der Waals surface area contributed by atoms with E-state index in [0.717, 1.165) is 10.9 Å². The van der Waals surface area contributed by atoms with E-state index in [1.165, 1.54) is 0 Å². The first-order chi connectivity index (χ1) is 9.72. The van der Waals surface area contributed by atoms with Gasteiger partial charge in [-0.15, -0.1) is 0 Å². The molecule has 0 aliphatic rings. The Morgan fingerprint density at radius 3 is 2.95 bits per heavy atom. The van der Waals surface area contributed by atoms with E-state index in [1.807, 2.05) is 30.3 Å². The summed E-state index contributed by atoms with van der Waals surface area (Å²) in [5.74, 6) is 1.12. The Morgan fingerprint density at radius 1 is 1.30 bits per heavy atom. The molecule has 6 heteroatoms. The molecule has 1 aromatic carbocycles. The molecular weight excluding hydrogens is 256 g/mol. The van der Waals surface area contributed by atoms with Crippen LogP contribution in [0.5, 0.6) is 0 Å². The van der Waals surface area contributed by atoms with Crippen LogP contribution in [-0.4, -0.2) is 15.1 Å². The highest BCUT2D eigenvalue weighted by Crippen LogP contribution is 2.09. The number of benzene rings is 1. The number of H-pyrrole nitrogens is 1. The molecule has 0 unspecified atom stereocenters. The molecule has 102 valence electrons. The maximum atomic E-state index is 11.9. The molecule has 0 spiro atoms. The molecule has 0 aliphatic carbocycles. The first-order valence-corrected chi connectivity index (χ1v) is 6.33. The molecule has 0 saturated heterocycles. The molecule has 6 nitrogen and oxygen atoms in total. The average Bonchev–Trinajstić information content (AvgIpc) is 2.85. The van der Waals surface area contributed by atoms with Crippen LogP contribution in [0.25, 0.3) is 10.9 Å².